The molecule has 1 aromatic rings. The zero-order valence-corrected chi connectivity index (χ0v) is 20.5. The molecular weight excluding hydrogens is 469 g/mol. The molecule has 0 heterocycles. The lowest BCUT2D eigenvalue weighted by Gasteiger charge is -2.21. The zero-order valence-electron chi connectivity index (χ0n) is 18.2. The van der Waals surface area contributed by atoms with Crippen LogP contribution in [-0.4, -0.2) is 52.6 Å². The second-order valence-electron chi connectivity index (χ2n) is 6.83. The van der Waals surface area contributed by atoms with E-state index in [1.165, 1.54) is 5.56 Å². The van der Waals surface area contributed by atoms with Crippen LogP contribution in [0.1, 0.15) is 38.3 Å². The Kier molecular flexibility index (Phi) is 15.2. The molecule has 1 unspecified atom stereocenters. The van der Waals surface area contributed by atoms with Gasteiger partial charge in [-0.1, -0.05) is 26.0 Å². The molecule has 6 nitrogen and oxygen atoms in total. The van der Waals surface area contributed by atoms with E-state index in [1.54, 1.807) is 14.2 Å². The molecule has 1 aromatic carbocycles. The molecule has 0 saturated carbocycles. The molecule has 0 saturated heterocycles. The molecule has 0 fully saturated rings. The first-order chi connectivity index (χ1) is 13.0. The Morgan fingerprint density at radius 1 is 1.18 bits per heavy atom. The van der Waals surface area contributed by atoms with Gasteiger partial charge in [-0.05, 0) is 37.8 Å². The number of methoxy groups -OCH3 is 1. The Balaban J connectivity index is 0.00000729. The summed E-state index contributed by atoms with van der Waals surface area (Å²) in [6.07, 6.45) is 1.21. The van der Waals surface area contributed by atoms with Crippen molar-refractivity contribution < 1.29 is 14.2 Å². The molecule has 0 radical (unpaired) electrons. The van der Waals surface area contributed by atoms with Crippen molar-refractivity contribution in [3.8, 4) is 5.75 Å². The van der Waals surface area contributed by atoms with E-state index in [1.807, 2.05) is 6.92 Å². The summed E-state index contributed by atoms with van der Waals surface area (Å²) in [5, 5.41) is 6.72. The number of guanidine groups is 1. The summed E-state index contributed by atoms with van der Waals surface area (Å²) in [5.74, 6) is 2.16. The molecule has 28 heavy (non-hydrogen) atoms. The number of aliphatic imine (C=N–C) groups is 1. The number of hydrogen-bond acceptors (Lipinski definition) is 4. The molecule has 0 spiro atoms. The number of ether oxygens (including phenoxy) is 3. The first-order valence-corrected chi connectivity index (χ1v) is 9.79. The number of hydrogen-bond donors (Lipinski definition) is 2. The summed E-state index contributed by atoms with van der Waals surface area (Å²) in [4.78, 5) is 4.31. The average molecular weight is 507 g/mol. The van der Waals surface area contributed by atoms with Crippen molar-refractivity contribution in [2.24, 2.45) is 10.9 Å². The van der Waals surface area contributed by atoms with E-state index >= 15 is 0 Å². The van der Waals surface area contributed by atoms with Crippen LogP contribution in [0.25, 0.3) is 0 Å². The van der Waals surface area contributed by atoms with Gasteiger partial charge in [0.15, 0.2) is 5.96 Å². The molecule has 2 N–H and O–H groups in total. The van der Waals surface area contributed by atoms with Gasteiger partial charge in [0.1, 0.15) is 12.4 Å². The van der Waals surface area contributed by atoms with Crippen LogP contribution < -0.4 is 15.4 Å². The Bertz CT molecular complexity index is 568. The van der Waals surface area contributed by atoms with Crippen molar-refractivity contribution in [3.63, 3.8) is 0 Å². The lowest BCUT2D eigenvalue weighted by Crippen LogP contribution is -2.39. The number of nitrogens with zero attached hydrogens (tertiary/aromatic N) is 1. The predicted molar refractivity (Wildman–Crippen MR) is 127 cm³/mol. The smallest absolute Gasteiger partial charge is 0.191 e. The number of nitrogens with one attached hydrogen (secondary N) is 2. The highest BCUT2D eigenvalue weighted by Gasteiger charge is 2.13. The van der Waals surface area contributed by atoms with Crippen LogP contribution in [0.5, 0.6) is 5.75 Å². The predicted octanol–water partition coefficient (Wildman–Crippen LogP) is 3.75. The number of rotatable bonds is 12. The van der Waals surface area contributed by atoms with E-state index in [2.05, 4.69) is 54.6 Å². The lowest BCUT2D eigenvalue weighted by molar-refractivity contribution is 0.0258. The normalized spacial score (nSPS) is 12.5. The van der Waals surface area contributed by atoms with Crippen molar-refractivity contribution in [2.45, 2.75) is 46.8 Å². The van der Waals surface area contributed by atoms with E-state index < -0.39 is 0 Å². The molecule has 162 valence electrons. The molecular formula is C21H38IN3O3. The summed E-state index contributed by atoms with van der Waals surface area (Å²) in [6, 6.07) is 6.23. The monoisotopic (exact) mass is 507 g/mol. The Labute approximate surface area is 187 Å². The van der Waals surface area contributed by atoms with Gasteiger partial charge in [-0.2, -0.15) is 0 Å². The molecule has 0 aliphatic heterocycles. The van der Waals surface area contributed by atoms with E-state index in [0.717, 1.165) is 36.8 Å². The molecule has 0 aliphatic rings. The summed E-state index contributed by atoms with van der Waals surface area (Å²) in [5.41, 5.74) is 2.26. The highest BCUT2D eigenvalue weighted by Crippen LogP contribution is 2.20. The van der Waals surface area contributed by atoms with Crippen molar-refractivity contribution in [3.05, 3.63) is 29.3 Å². The third kappa shape index (κ3) is 10.5. The minimum absolute atomic E-state index is 0. The maximum absolute atomic E-state index is 5.85. The van der Waals surface area contributed by atoms with Crippen LogP contribution in [0.4, 0.5) is 0 Å². The molecule has 0 bridgehead atoms. The van der Waals surface area contributed by atoms with Gasteiger partial charge in [-0.15, -0.1) is 24.0 Å². The maximum atomic E-state index is 5.85. The van der Waals surface area contributed by atoms with Crippen molar-refractivity contribution in [1.29, 1.82) is 0 Å². The van der Waals surface area contributed by atoms with Crippen LogP contribution in [0.15, 0.2) is 23.2 Å². The van der Waals surface area contributed by atoms with Gasteiger partial charge >= 0.3 is 0 Å². The molecule has 0 amide bonds. The van der Waals surface area contributed by atoms with Gasteiger partial charge in [0, 0.05) is 39.4 Å². The van der Waals surface area contributed by atoms with E-state index in [-0.39, 0.29) is 30.1 Å². The first-order valence-electron chi connectivity index (χ1n) is 9.79. The van der Waals surface area contributed by atoms with Crippen molar-refractivity contribution in [2.75, 3.05) is 40.5 Å². The van der Waals surface area contributed by atoms with Crippen molar-refractivity contribution in [1.82, 2.24) is 10.6 Å². The molecule has 1 atom stereocenters. The summed E-state index contributed by atoms with van der Waals surface area (Å²) in [6.45, 7) is 11.8. The Morgan fingerprint density at radius 3 is 2.54 bits per heavy atom. The van der Waals surface area contributed by atoms with Crippen LogP contribution in [0.2, 0.25) is 0 Å². The summed E-state index contributed by atoms with van der Waals surface area (Å²) in [7, 11) is 3.45. The second kappa shape index (κ2) is 15.8. The number of halogens is 1. The van der Waals surface area contributed by atoms with Gasteiger partial charge < -0.3 is 24.8 Å². The average Bonchev–Trinajstić information content (AvgIpc) is 2.64. The van der Waals surface area contributed by atoms with Crippen molar-refractivity contribution >= 4 is 29.9 Å². The Hall–Kier alpha value is -1.06. The number of benzene rings is 1. The second-order valence-corrected chi connectivity index (χ2v) is 6.83. The minimum Gasteiger partial charge on any atom is -0.491 e. The topological polar surface area (TPSA) is 64.1 Å². The maximum Gasteiger partial charge on any atom is 0.191 e. The van der Waals surface area contributed by atoms with Gasteiger partial charge in [-0.3, -0.25) is 4.99 Å². The fourth-order valence-electron chi connectivity index (χ4n) is 2.73. The van der Waals surface area contributed by atoms with Gasteiger partial charge in [0.2, 0.25) is 0 Å². The van der Waals surface area contributed by atoms with Crippen LogP contribution in [0, 0.1) is 12.8 Å². The minimum atomic E-state index is 0. The molecule has 0 aliphatic carbocycles. The highest BCUT2D eigenvalue weighted by molar-refractivity contribution is 14.0. The molecule has 1 rings (SSSR count). The summed E-state index contributed by atoms with van der Waals surface area (Å²) < 4.78 is 16.7. The van der Waals surface area contributed by atoms with E-state index in [0.29, 0.717) is 25.7 Å². The third-order valence-corrected chi connectivity index (χ3v) is 4.28. The fraction of sp³-hybridized carbons (Fsp3) is 0.667. The van der Waals surface area contributed by atoms with Gasteiger partial charge in [0.25, 0.3) is 0 Å². The van der Waals surface area contributed by atoms with Crippen LogP contribution in [0.3, 0.4) is 0 Å². The number of aryl methyl sites for hydroxylation is 1. The summed E-state index contributed by atoms with van der Waals surface area (Å²) >= 11 is 0. The largest absolute Gasteiger partial charge is 0.491 e. The van der Waals surface area contributed by atoms with Crippen LogP contribution >= 0.6 is 24.0 Å². The lowest BCUT2D eigenvalue weighted by atomic mass is 10.0. The Morgan fingerprint density at radius 2 is 1.93 bits per heavy atom. The fourth-order valence-corrected chi connectivity index (χ4v) is 2.73. The van der Waals surface area contributed by atoms with E-state index in [4.69, 9.17) is 14.2 Å². The SMILES string of the molecule is CCOC(CCNC(=NC)NCc1ccc(C)cc1OCCOC)C(C)C.I. The van der Waals surface area contributed by atoms with E-state index in [9.17, 15) is 0 Å². The van der Waals surface area contributed by atoms with Crippen LogP contribution in [-0.2, 0) is 16.0 Å². The molecule has 7 heteroatoms. The third-order valence-electron chi connectivity index (χ3n) is 4.28. The quantitative estimate of drug-likeness (QED) is 0.195. The highest BCUT2D eigenvalue weighted by atomic mass is 127. The first kappa shape index (κ1) is 26.9. The van der Waals surface area contributed by atoms with Gasteiger partial charge in [-0.25, -0.2) is 0 Å². The zero-order chi connectivity index (χ0) is 20.1. The molecule has 0 aromatic heterocycles. The van der Waals surface area contributed by atoms with Gasteiger partial charge in [0.05, 0.1) is 12.7 Å². The standard InChI is InChI=1S/C21H37N3O3.HI/c1-7-26-19(16(2)3)10-11-23-21(22-5)24-15-18-9-8-17(4)14-20(18)27-13-12-25-6;/h8-9,14,16,19H,7,10-13,15H2,1-6H3,(H2,22,23,24);1H.